The van der Waals surface area contributed by atoms with Gasteiger partial charge in [-0.15, -0.1) is 0 Å². The quantitative estimate of drug-likeness (QED) is 0.492. The topological polar surface area (TPSA) is 52.8 Å². The Morgan fingerprint density at radius 3 is 2.55 bits per heavy atom. The minimum absolute atomic E-state index is 0.0921. The number of likely N-dealkylation sites (N-methyl/N-ethyl adjacent to an activating group) is 1. The predicted octanol–water partition coefficient (Wildman–Crippen LogP) is 4.03. The van der Waals surface area contributed by atoms with E-state index in [1.54, 1.807) is 0 Å². The normalized spacial score (nSPS) is 21.6. The van der Waals surface area contributed by atoms with Gasteiger partial charge in [-0.3, -0.25) is 4.79 Å². The van der Waals surface area contributed by atoms with Gasteiger partial charge in [-0.05, 0) is 31.9 Å². The molecule has 2 aliphatic heterocycles. The van der Waals surface area contributed by atoms with Crippen LogP contribution in [0.2, 0.25) is 0 Å². The first-order chi connectivity index (χ1) is 15.1. The van der Waals surface area contributed by atoms with Crippen molar-refractivity contribution >= 4 is 28.1 Å². The molecule has 6 rings (SSSR count). The number of hydrogen-bond acceptors (Lipinski definition) is 6. The molecule has 0 unspecified atom stereocenters. The molecule has 3 heterocycles. The minimum Gasteiger partial charge on any atom is -0.371 e. The summed E-state index contributed by atoms with van der Waals surface area (Å²) in [5.74, 6) is 1.45. The standard InChI is InChI=1S/C25H28N4O2/c1-16-6-5-9-29(15-16)19-14-20(28-12-10-27(2)11-13-28)23-22-21(19)24(30)17-7-3-4-8-18(17)25(22)31-26-23/h3-4,7-8,14,16H,5-6,9-13,15H2,1-2H3/t16-/m1/s1. The van der Waals surface area contributed by atoms with E-state index in [9.17, 15) is 4.79 Å². The third kappa shape index (κ3) is 2.88. The van der Waals surface area contributed by atoms with E-state index in [-0.39, 0.29) is 5.78 Å². The molecule has 1 aromatic heterocycles. The monoisotopic (exact) mass is 416 g/mol. The third-order valence-corrected chi connectivity index (χ3v) is 7.20. The number of nitrogens with zero attached hydrogens (tertiary/aromatic N) is 4. The molecule has 1 aliphatic carbocycles. The number of ketones is 1. The van der Waals surface area contributed by atoms with Gasteiger partial charge in [0, 0.05) is 50.4 Å². The Morgan fingerprint density at radius 1 is 1.00 bits per heavy atom. The molecule has 2 fully saturated rings. The van der Waals surface area contributed by atoms with Crippen molar-refractivity contribution in [2.45, 2.75) is 19.8 Å². The lowest BCUT2D eigenvalue weighted by Gasteiger charge is -2.37. The fourth-order valence-corrected chi connectivity index (χ4v) is 5.47. The molecule has 0 N–H and O–H groups in total. The molecule has 2 aromatic carbocycles. The average Bonchev–Trinajstić information content (AvgIpc) is 3.23. The number of carbonyl (C=O) groups excluding carboxylic acids is 1. The fraction of sp³-hybridized carbons (Fsp3) is 0.440. The van der Waals surface area contributed by atoms with E-state index in [0.29, 0.717) is 11.5 Å². The van der Waals surface area contributed by atoms with Crippen LogP contribution in [0.4, 0.5) is 11.4 Å². The van der Waals surface area contributed by atoms with E-state index in [1.165, 1.54) is 6.42 Å². The summed E-state index contributed by atoms with van der Waals surface area (Å²) in [5, 5.41) is 5.41. The van der Waals surface area contributed by atoms with Crippen LogP contribution in [0.3, 0.4) is 0 Å². The highest BCUT2D eigenvalue weighted by atomic mass is 16.5. The zero-order chi connectivity index (χ0) is 21.1. The van der Waals surface area contributed by atoms with Crippen molar-refractivity contribution in [2.24, 2.45) is 5.92 Å². The van der Waals surface area contributed by atoms with Crippen molar-refractivity contribution in [1.82, 2.24) is 10.1 Å². The van der Waals surface area contributed by atoms with Crippen LogP contribution in [-0.4, -0.2) is 62.2 Å². The number of rotatable bonds is 2. The number of hydrogen-bond donors (Lipinski definition) is 0. The van der Waals surface area contributed by atoms with Crippen LogP contribution in [0.1, 0.15) is 35.7 Å². The minimum atomic E-state index is 0.0921. The molecule has 160 valence electrons. The van der Waals surface area contributed by atoms with Gasteiger partial charge < -0.3 is 19.2 Å². The van der Waals surface area contributed by atoms with Crippen molar-refractivity contribution in [1.29, 1.82) is 0 Å². The van der Waals surface area contributed by atoms with Gasteiger partial charge in [-0.2, -0.15) is 0 Å². The molecule has 3 aliphatic rings. The van der Waals surface area contributed by atoms with Crippen LogP contribution in [0.5, 0.6) is 0 Å². The van der Waals surface area contributed by atoms with Crippen LogP contribution in [-0.2, 0) is 0 Å². The number of benzene rings is 2. The van der Waals surface area contributed by atoms with Crippen LogP contribution in [0.15, 0.2) is 34.9 Å². The summed E-state index contributed by atoms with van der Waals surface area (Å²) in [6.45, 7) is 8.22. The Morgan fingerprint density at radius 2 is 1.77 bits per heavy atom. The largest absolute Gasteiger partial charge is 0.371 e. The van der Waals surface area contributed by atoms with Gasteiger partial charge in [-0.25, -0.2) is 0 Å². The maximum atomic E-state index is 13.8. The van der Waals surface area contributed by atoms with E-state index in [1.807, 2.05) is 24.3 Å². The van der Waals surface area contributed by atoms with Crippen LogP contribution in [0, 0.1) is 5.92 Å². The summed E-state index contributed by atoms with van der Waals surface area (Å²) < 4.78 is 5.93. The number of piperidine rings is 1. The highest BCUT2D eigenvalue weighted by Gasteiger charge is 2.35. The second-order valence-corrected chi connectivity index (χ2v) is 9.38. The SMILES string of the molecule is C[C@@H]1CCCN(c2cc(N3CCN(C)CC3)c3noc4c3c2C(=O)c2ccccc2-4)C1. The fourth-order valence-electron chi connectivity index (χ4n) is 5.47. The van der Waals surface area contributed by atoms with Gasteiger partial charge in [0.05, 0.1) is 22.3 Å². The molecule has 1 atom stereocenters. The van der Waals surface area contributed by atoms with Gasteiger partial charge in [0.2, 0.25) is 0 Å². The molecule has 6 heteroatoms. The zero-order valence-electron chi connectivity index (χ0n) is 18.2. The number of fused-ring (bicyclic) bond motifs is 2. The smallest absolute Gasteiger partial charge is 0.196 e. The van der Waals surface area contributed by atoms with Crippen molar-refractivity contribution < 1.29 is 9.32 Å². The molecule has 6 nitrogen and oxygen atoms in total. The lowest BCUT2D eigenvalue weighted by Crippen LogP contribution is -2.44. The molecular weight excluding hydrogens is 388 g/mol. The van der Waals surface area contributed by atoms with Gasteiger partial charge in [0.25, 0.3) is 0 Å². The summed E-state index contributed by atoms with van der Waals surface area (Å²) in [7, 11) is 2.17. The molecule has 2 saturated heterocycles. The molecule has 0 bridgehead atoms. The maximum absolute atomic E-state index is 13.8. The first-order valence-electron chi connectivity index (χ1n) is 11.4. The van der Waals surface area contributed by atoms with E-state index < -0.39 is 0 Å². The predicted molar refractivity (Wildman–Crippen MR) is 123 cm³/mol. The Labute approximate surface area is 182 Å². The van der Waals surface area contributed by atoms with Gasteiger partial charge in [0.1, 0.15) is 5.52 Å². The van der Waals surface area contributed by atoms with E-state index >= 15 is 0 Å². The summed E-state index contributed by atoms with van der Waals surface area (Å²) in [5.41, 5.74) is 5.32. The highest BCUT2D eigenvalue weighted by molar-refractivity contribution is 6.28. The molecular formula is C25H28N4O2. The molecule has 3 aromatic rings. The van der Waals surface area contributed by atoms with Gasteiger partial charge in [0.15, 0.2) is 11.5 Å². The van der Waals surface area contributed by atoms with Crippen molar-refractivity contribution in [3.05, 3.63) is 41.5 Å². The van der Waals surface area contributed by atoms with Gasteiger partial charge in [-0.1, -0.05) is 36.3 Å². The number of carbonyl (C=O) groups is 1. The number of aromatic nitrogens is 1. The molecule has 31 heavy (non-hydrogen) atoms. The first kappa shape index (κ1) is 18.9. The molecule has 0 amide bonds. The van der Waals surface area contributed by atoms with E-state index in [2.05, 4.69) is 39.9 Å². The Bertz CT molecular complexity index is 1180. The number of anilines is 2. The summed E-state index contributed by atoms with van der Waals surface area (Å²) in [6, 6.07) is 9.99. The Kier molecular flexibility index (Phi) is 4.32. The summed E-state index contributed by atoms with van der Waals surface area (Å²) >= 11 is 0. The summed E-state index contributed by atoms with van der Waals surface area (Å²) in [6.07, 6.45) is 2.40. The van der Waals surface area contributed by atoms with E-state index in [4.69, 9.17) is 4.52 Å². The zero-order valence-corrected chi connectivity index (χ0v) is 18.2. The lowest BCUT2D eigenvalue weighted by molar-refractivity contribution is 0.104. The Balaban J connectivity index is 1.60. The molecule has 0 spiro atoms. The average molecular weight is 417 g/mol. The maximum Gasteiger partial charge on any atom is 0.196 e. The first-order valence-corrected chi connectivity index (χ1v) is 11.4. The van der Waals surface area contributed by atoms with Gasteiger partial charge >= 0.3 is 0 Å². The molecule has 0 radical (unpaired) electrons. The molecule has 0 saturated carbocycles. The lowest BCUT2D eigenvalue weighted by atomic mass is 9.85. The van der Waals surface area contributed by atoms with Crippen molar-refractivity contribution in [3.8, 4) is 11.3 Å². The summed E-state index contributed by atoms with van der Waals surface area (Å²) in [4.78, 5) is 20.9. The number of piperazine rings is 1. The Hall–Kier alpha value is -2.86. The highest BCUT2D eigenvalue weighted by Crippen LogP contribution is 2.47. The van der Waals surface area contributed by atoms with Crippen LogP contribution < -0.4 is 9.80 Å². The second-order valence-electron chi connectivity index (χ2n) is 9.38. The van der Waals surface area contributed by atoms with Crippen molar-refractivity contribution in [3.63, 3.8) is 0 Å². The van der Waals surface area contributed by atoms with Crippen molar-refractivity contribution in [2.75, 3.05) is 56.1 Å². The second kappa shape index (κ2) is 7.09. The van der Waals surface area contributed by atoms with Crippen LogP contribution in [0.25, 0.3) is 22.2 Å². The van der Waals surface area contributed by atoms with Crippen LogP contribution >= 0.6 is 0 Å². The third-order valence-electron chi connectivity index (χ3n) is 7.20. The van der Waals surface area contributed by atoms with E-state index in [0.717, 1.165) is 84.9 Å².